The first kappa shape index (κ1) is 14.6. The van der Waals surface area contributed by atoms with Crippen LogP contribution in [0, 0.1) is 18.8 Å². The number of carbonyl (C=O) groups excluding carboxylic acids is 1. The molecule has 1 heterocycles. The maximum Gasteiger partial charge on any atom is 0.309 e. The first-order chi connectivity index (χ1) is 10.6. The van der Waals surface area contributed by atoms with Crippen molar-refractivity contribution in [3.63, 3.8) is 0 Å². The Morgan fingerprint density at radius 2 is 1.82 bits per heavy atom. The summed E-state index contributed by atoms with van der Waals surface area (Å²) < 4.78 is 5.28. The molecular formula is C19H20O3. The molecular weight excluding hydrogens is 276 g/mol. The molecule has 1 saturated heterocycles. The van der Waals surface area contributed by atoms with Crippen molar-refractivity contribution in [2.75, 3.05) is 6.61 Å². The van der Waals surface area contributed by atoms with Crippen LogP contribution < -0.4 is 0 Å². The van der Waals surface area contributed by atoms with Crippen molar-refractivity contribution in [1.29, 1.82) is 0 Å². The third-order valence-electron chi connectivity index (χ3n) is 4.26. The SMILES string of the molecule is Cc1cccc(CC2COC(=O)C2Cc2cccc(O)c2)c1. The second-order valence-electron chi connectivity index (χ2n) is 6.06. The van der Waals surface area contributed by atoms with Gasteiger partial charge in [0, 0.05) is 5.92 Å². The zero-order valence-electron chi connectivity index (χ0n) is 12.7. The van der Waals surface area contributed by atoms with E-state index in [4.69, 9.17) is 4.74 Å². The maximum atomic E-state index is 12.0. The molecule has 22 heavy (non-hydrogen) atoms. The molecule has 2 aromatic carbocycles. The summed E-state index contributed by atoms with van der Waals surface area (Å²) in [4.78, 5) is 12.0. The van der Waals surface area contributed by atoms with Crippen LogP contribution in [0.1, 0.15) is 16.7 Å². The van der Waals surface area contributed by atoms with E-state index in [0.29, 0.717) is 13.0 Å². The molecule has 0 radical (unpaired) electrons. The number of ether oxygens (including phenoxy) is 1. The Bertz CT molecular complexity index is 678. The van der Waals surface area contributed by atoms with Gasteiger partial charge < -0.3 is 9.84 Å². The van der Waals surface area contributed by atoms with E-state index in [9.17, 15) is 9.90 Å². The van der Waals surface area contributed by atoms with E-state index in [1.807, 2.05) is 12.1 Å². The highest BCUT2D eigenvalue weighted by Gasteiger charge is 2.36. The van der Waals surface area contributed by atoms with E-state index >= 15 is 0 Å². The molecule has 1 aliphatic heterocycles. The summed E-state index contributed by atoms with van der Waals surface area (Å²) in [6, 6.07) is 15.5. The summed E-state index contributed by atoms with van der Waals surface area (Å²) in [5, 5.41) is 9.57. The summed E-state index contributed by atoms with van der Waals surface area (Å²) >= 11 is 0. The number of cyclic esters (lactones) is 1. The van der Waals surface area contributed by atoms with Gasteiger partial charge in [0.25, 0.3) is 0 Å². The summed E-state index contributed by atoms with van der Waals surface area (Å²) in [7, 11) is 0. The molecule has 114 valence electrons. The Balaban J connectivity index is 1.74. The molecule has 0 saturated carbocycles. The number of phenols is 1. The molecule has 3 nitrogen and oxygen atoms in total. The Morgan fingerprint density at radius 3 is 2.55 bits per heavy atom. The van der Waals surface area contributed by atoms with Crippen LogP contribution in [0.5, 0.6) is 5.75 Å². The first-order valence-electron chi connectivity index (χ1n) is 7.62. The van der Waals surface area contributed by atoms with Crippen molar-refractivity contribution in [1.82, 2.24) is 0 Å². The Kier molecular flexibility index (Phi) is 4.14. The fourth-order valence-electron chi connectivity index (χ4n) is 3.14. The van der Waals surface area contributed by atoms with Gasteiger partial charge in [0.2, 0.25) is 0 Å². The lowest BCUT2D eigenvalue weighted by atomic mass is 9.85. The largest absolute Gasteiger partial charge is 0.508 e. The van der Waals surface area contributed by atoms with Gasteiger partial charge in [-0.15, -0.1) is 0 Å². The molecule has 0 aromatic heterocycles. The van der Waals surface area contributed by atoms with Crippen molar-refractivity contribution in [2.24, 2.45) is 11.8 Å². The minimum atomic E-state index is -0.137. The molecule has 1 fully saturated rings. The van der Waals surface area contributed by atoms with Gasteiger partial charge >= 0.3 is 5.97 Å². The minimum Gasteiger partial charge on any atom is -0.508 e. The number of hydrogen-bond donors (Lipinski definition) is 1. The maximum absolute atomic E-state index is 12.0. The molecule has 1 N–H and O–H groups in total. The fourth-order valence-corrected chi connectivity index (χ4v) is 3.14. The van der Waals surface area contributed by atoms with E-state index in [0.717, 1.165) is 12.0 Å². The molecule has 2 atom stereocenters. The van der Waals surface area contributed by atoms with Gasteiger partial charge in [-0.3, -0.25) is 4.79 Å². The van der Waals surface area contributed by atoms with Gasteiger partial charge in [0.15, 0.2) is 0 Å². The molecule has 0 amide bonds. The molecule has 0 aliphatic carbocycles. The number of aryl methyl sites for hydroxylation is 1. The number of rotatable bonds is 4. The van der Waals surface area contributed by atoms with Crippen LogP contribution in [-0.2, 0) is 22.4 Å². The predicted octanol–water partition coefficient (Wildman–Crippen LogP) is 3.28. The average molecular weight is 296 g/mol. The Labute approximate surface area is 130 Å². The number of phenolic OH excluding ortho intramolecular Hbond substituents is 1. The van der Waals surface area contributed by atoms with Gasteiger partial charge in [-0.25, -0.2) is 0 Å². The van der Waals surface area contributed by atoms with E-state index in [1.165, 1.54) is 11.1 Å². The van der Waals surface area contributed by atoms with E-state index < -0.39 is 0 Å². The summed E-state index contributed by atoms with van der Waals surface area (Å²) in [6.07, 6.45) is 1.46. The molecule has 2 aromatic rings. The van der Waals surface area contributed by atoms with Crippen molar-refractivity contribution >= 4 is 5.97 Å². The molecule has 3 heteroatoms. The lowest BCUT2D eigenvalue weighted by Crippen LogP contribution is -2.20. The predicted molar refractivity (Wildman–Crippen MR) is 84.6 cm³/mol. The monoisotopic (exact) mass is 296 g/mol. The molecule has 0 bridgehead atoms. The summed E-state index contributed by atoms with van der Waals surface area (Å²) in [5.41, 5.74) is 3.44. The van der Waals surface area contributed by atoms with Crippen LogP contribution in [0.4, 0.5) is 0 Å². The van der Waals surface area contributed by atoms with Gasteiger partial charge in [-0.1, -0.05) is 42.0 Å². The van der Waals surface area contributed by atoms with E-state index in [1.54, 1.807) is 18.2 Å². The van der Waals surface area contributed by atoms with Crippen molar-refractivity contribution in [2.45, 2.75) is 19.8 Å². The molecule has 1 aliphatic rings. The lowest BCUT2D eigenvalue weighted by molar-refractivity contribution is -0.141. The van der Waals surface area contributed by atoms with Crippen molar-refractivity contribution in [3.05, 3.63) is 65.2 Å². The normalized spacial score (nSPS) is 20.9. The third kappa shape index (κ3) is 3.30. The topological polar surface area (TPSA) is 46.5 Å². The molecule has 0 spiro atoms. The van der Waals surface area contributed by atoms with Gasteiger partial charge in [0.1, 0.15) is 5.75 Å². The first-order valence-corrected chi connectivity index (χ1v) is 7.62. The van der Waals surface area contributed by atoms with Crippen LogP contribution in [0.2, 0.25) is 0 Å². The smallest absolute Gasteiger partial charge is 0.309 e. The highest BCUT2D eigenvalue weighted by atomic mass is 16.5. The zero-order valence-corrected chi connectivity index (χ0v) is 12.7. The molecule has 2 unspecified atom stereocenters. The average Bonchev–Trinajstić information content (AvgIpc) is 2.80. The highest BCUT2D eigenvalue weighted by molar-refractivity contribution is 5.75. The highest BCUT2D eigenvalue weighted by Crippen LogP contribution is 2.30. The molecule has 3 rings (SSSR count). The fraction of sp³-hybridized carbons (Fsp3) is 0.316. The van der Waals surface area contributed by atoms with E-state index in [-0.39, 0.29) is 23.6 Å². The van der Waals surface area contributed by atoms with Gasteiger partial charge in [-0.05, 0) is 43.0 Å². The standard InChI is InChI=1S/C19H20O3/c1-13-4-2-5-14(8-13)9-16-12-22-19(21)18(16)11-15-6-3-7-17(20)10-15/h2-8,10,16,18,20H,9,11-12H2,1H3. The van der Waals surface area contributed by atoms with Crippen molar-refractivity contribution in [3.8, 4) is 5.75 Å². The number of hydrogen-bond acceptors (Lipinski definition) is 3. The number of aromatic hydroxyl groups is 1. The third-order valence-corrected chi connectivity index (χ3v) is 4.26. The minimum absolute atomic E-state index is 0.124. The van der Waals surface area contributed by atoms with Crippen LogP contribution >= 0.6 is 0 Å². The Morgan fingerprint density at radius 1 is 1.09 bits per heavy atom. The second-order valence-corrected chi connectivity index (χ2v) is 6.06. The van der Waals surface area contributed by atoms with Crippen LogP contribution in [0.25, 0.3) is 0 Å². The summed E-state index contributed by atoms with van der Waals surface area (Å²) in [6.45, 7) is 2.56. The van der Waals surface area contributed by atoms with Gasteiger partial charge in [-0.2, -0.15) is 0 Å². The van der Waals surface area contributed by atoms with Gasteiger partial charge in [0.05, 0.1) is 12.5 Å². The number of benzene rings is 2. The van der Waals surface area contributed by atoms with Crippen LogP contribution in [0.3, 0.4) is 0 Å². The van der Waals surface area contributed by atoms with Crippen molar-refractivity contribution < 1.29 is 14.6 Å². The summed E-state index contributed by atoms with van der Waals surface area (Å²) in [5.74, 6) is 0.166. The van der Waals surface area contributed by atoms with Crippen LogP contribution in [0.15, 0.2) is 48.5 Å². The number of esters is 1. The zero-order chi connectivity index (χ0) is 15.5. The lowest BCUT2D eigenvalue weighted by Gasteiger charge is -2.15. The number of carbonyl (C=O) groups is 1. The second kappa shape index (κ2) is 6.22. The van der Waals surface area contributed by atoms with E-state index in [2.05, 4.69) is 25.1 Å². The Hall–Kier alpha value is -2.29. The van der Waals surface area contributed by atoms with Crippen LogP contribution in [-0.4, -0.2) is 17.7 Å². The quantitative estimate of drug-likeness (QED) is 0.881.